The Morgan fingerprint density at radius 2 is 1.86 bits per heavy atom. The number of aromatic nitrogens is 3. The number of piperidine rings is 1. The second kappa shape index (κ2) is 9.84. The van der Waals surface area contributed by atoms with E-state index in [2.05, 4.69) is 52.0 Å². The van der Waals surface area contributed by atoms with E-state index in [1.54, 1.807) is 10.7 Å². The minimum atomic E-state index is 0.368. The summed E-state index contributed by atoms with van der Waals surface area (Å²) in [4.78, 5) is 12.3. The molecule has 3 aromatic rings. The van der Waals surface area contributed by atoms with Crippen LogP contribution in [0.5, 0.6) is 5.75 Å². The predicted octanol–water partition coefficient (Wildman–Crippen LogP) is 3.52. The molecule has 3 aromatic heterocycles. The fraction of sp³-hybridized carbons (Fsp3) is 0.519. The molecule has 0 atom stereocenters. The number of hydrogen-bond acceptors (Lipinski definition) is 7. The molecule has 0 saturated carbocycles. The fourth-order valence-electron chi connectivity index (χ4n) is 5.36. The van der Waals surface area contributed by atoms with Crippen molar-refractivity contribution in [1.29, 1.82) is 5.26 Å². The predicted molar refractivity (Wildman–Crippen MR) is 138 cm³/mol. The summed E-state index contributed by atoms with van der Waals surface area (Å²) in [5.74, 6) is 1.74. The van der Waals surface area contributed by atoms with Gasteiger partial charge in [0.15, 0.2) is 0 Å². The maximum Gasteiger partial charge on any atom is 0.138 e. The lowest BCUT2D eigenvalue weighted by Crippen LogP contribution is -2.50. The van der Waals surface area contributed by atoms with Gasteiger partial charge < -0.3 is 19.4 Å². The molecule has 8 nitrogen and oxygen atoms in total. The molecule has 5 heterocycles. The van der Waals surface area contributed by atoms with Crippen molar-refractivity contribution in [3.63, 3.8) is 0 Å². The number of likely N-dealkylation sites (N-methyl/N-ethyl adjacent to an activating group) is 1. The van der Waals surface area contributed by atoms with E-state index in [9.17, 15) is 5.26 Å². The topological polar surface area (TPSA) is 72.9 Å². The average Bonchev–Trinajstić information content (AvgIpc) is 3.29. The minimum Gasteiger partial charge on any atom is -0.492 e. The molecule has 0 aliphatic carbocycles. The molecule has 8 heteroatoms. The normalized spacial score (nSPS) is 19.1. The molecule has 0 bridgehead atoms. The zero-order chi connectivity index (χ0) is 24.4. The lowest BCUT2D eigenvalue weighted by Gasteiger charge is -2.44. The molecule has 0 unspecified atom stereocenters. The number of nitriles is 1. The van der Waals surface area contributed by atoms with Gasteiger partial charge in [0.05, 0.1) is 30.1 Å². The van der Waals surface area contributed by atoms with Crippen LogP contribution < -0.4 is 9.64 Å². The zero-order valence-electron chi connectivity index (χ0n) is 21.1. The summed E-state index contributed by atoms with van der Waals surface area (Å²) in [5.41, 5.74) is 3.55. The van der Waals surface area contributed by atoms with Crippen LogP contribution in [0.15, 0.2) is 36.8 Å². The van der Waals surface area contributed by atoms with E-state index in [-0.39, 0.29) is 0 Å². The van der Waals surface area contributed by atoms with Crippen molar-refractivity contribution >= 4 is 11.3 Å². The van der Waals surface area contributed by atoms with Gasteiger partial charge in [0, 0.05) is 63.1 Å². The summed E-state index contributed by atoms with van der Waals surface area (Å²) in [6, 6.07) is 8.43. The van der Waals surface area contributed by atoms with Gasteiger partial charge in [0.1, 0.15) is 17.6 Å². The maximum absolute atomic E-state index is 9.58. The Morgan fingerprint density at radius 1 is 1.09 bits per heavy atom. The van der Waals surface area contributed by atoms with Gasteiger partial charge in [-0.2, -0.15) is 10.4 Å². The van der Waals surface area contributed by atoms with Crippen molar-refractivity contribution in [2.24, 2.45) is 5.41 Å². The number of nitrogens with zero attached hydrogens (tertiary/aromatic N) is 7. The van der Waals surface area contributed by atoms with Gasteiger partial charge in [-0.1, -0.05) is 6.92 Å². The molecule has 0 radical (unpaired) electrons. The number of fused-ring (bicyclic) bond motifs is 1. The Morgan fingerprint density at radius 3 is 2.51 bits per heavy atom. The summed E-state index contributed by atoms with van der Waals surface area (Å²) >= 11 is 0. The summed E-state index contributed by atoms with van der Waals surface area (Å²) in [6.07, 6.45) is 7.69. The van der Waals surface area contributed by atoms with Crippen LogP contribution in [0.2, 0.25) is 0 Å². The first-order chi connectivity index (χ1) is 17.0. The first-order valence-corrected chi connectivity index (χ1v) is 12.6. The van der Waals surface area contributed by atoms with E-state index in [0.717, 1.165) is 41.3 Å². The molecule has 0 aromatic carbocycles. The van der Waals surface area contributed by atoms with Gasteiger partial charge in [0.2, 0.25) is 0 Å². The zero-order valence-corrected chi connectivity index (χ0v) is 21.1. The van der Waals surface area contributed by atoms with E-state index in [4.69, 9.17) is 9.72 Å². The molecule has 5 rings (SSSR count). The van der Waals surface area contributed by atoms with Crippen LogP contribution in [0.4, 0.5) is 5.82 Å². The monoisotopic (exact) mass is 473 g/mol. The third-order valence-electron chi connectivity index (χ3n) is 7.57. The Labute approximate surface area is 207 Å². The third kappa shape index (κ3) is 4.97. The van der Waals surface area contributed by atoms with E-state index in [1.807, 2.05) is 25.4 Å². The summed E-state index contributed by atoms with van der Waals surface area (Å²) in [6.45, 7) is 12.9. The van der Waals surface area contributed by atoms with Crippen LogP contribution in [0.25, 0.3) is 16.6 Å². The second-order valence-corrected chi connectivity index (χ2v) is 10.3. The van der Waals surface area contributed by atoms with Gasteiger partial charge in [-0.15, -0.1) is 0 Å². The number of piperazine rings is 1. The second-order valence-electron chi connectivity index (χ2n) is 10.3. The molecule has 0 N–H and O–H groups in total. The quantitative estimate of drug-likeness (QED) is 0.542. The molecule has 2 saturated heterocycles. The largest absolute Gasteiger partial charge is 0.492 e. The van der Waals surface area contributed by atoms with Crippen LogP contribution in [0, 0.1) is 16.7 Å². The lowest BCUT2D eigenvalue weighted by atomic mass is 9.79. The van der Waals surface area contributed by atoms with Crippen molar-refractivity contribution in [1.82, 2.24) is 24.4 Å². The summed E-state index contributed by atoms with van der Waals surface area (Å²) < 4.78 is 7.46. The first kappa shape index (κ1) is 23.6. The van der Waals surface area contributed by atoms with Crippen molar-refractivity contribution in [3.05, 3.63) is 42.4 Å². The van der Waals surface area contributed by atoms with Crippen LogP contribution in [-0.4, -0.2) is 83.9 Å². The highest BCUT2D eigenvalue weighted by Gasteiger charge is 2.33. The molecule has 2 aliphatic heterocycles. The molecule has 0 spiro atoms. The number of rotatable bonds is 6. The Bertz CT molecular complexity index is 1200. The van der Waals surface area contributed by atoms with Crippen LogP contribution in [-0.2, 0) is 0 Å². The molecule has 0 amide bonds. The van der Waals surface area contributed by atoms with Crippen molar-refractivity contribution in [2.45, 2.75) is 26.7 Å². The molecule has 35 heavy (non-hydrogen) atoms. The standard InChI is InChI=1S/C27H35N7O/c1-4-35-23-15-24(26-22(16-28)18-30-34(26)19-23)21-5-6-25(29-17-21)33-9-7-27(2,8-10-33)20-32-13-11-31(3)12-14-32/h5-6,15,17-19H,4,7-14,20H2,1-3H3. The lowest BCUT2D eigenvalue weighted by molar-refractivity contribution is 0.0893. The summed E-state index contributed by atoms with van der Waals surface area (Å²) in [5, 5.41) is 13.9. The van der Waals surface area contributed by atoms with E-state index >= 15 is 0 Å². The highest BCUT2D eigenvalue weighted by atomic mass is 16.5. The van der Waals surface area contributed by atoms with Gasteiger partial charge in [0.25, 0.3) is 0 Å². The van der Waals surface area contributed by atoms with Crippen molar-refractivity contribution in [3.8, 4) is 22.9 Å². The minimum absolute atomic E-state index is 0.368. The molecule has 2 fully saturated rings. The van der Waals surface area contributed by atoms with Gasteiger partial charge in [-0.05, 0) is 50.4 Å². The smallest absolute Gasteiger partial charge is 0.138 e. The van der Waals surface area contributed by atoms with Crippen LogP contribution in [0.3, 0.4) is 0 Å². The van der Waals surface area contributed by atoms with Gasteiger partial charge in [-0.3, -0.25) is 0 Å². The van der Waals surface area contributed by atoms with Crippen molar-refractivity contribution < 1.29 is 4.74 Å². The fourth-order valence-corrected chi connectivity index (χ4v) is 5.36. The van der Waals surface area contributed by atoms with E-state index in [1.165, 1.54) is 45.6 Å². The maximum atomic E-state index is 9.58. The van der Waals surface area contributed by atoms with Gasteiger partial charge >= 0.3 is 0 Å². The van der Waals surface area contributed by atoms with E-state index < -0.39 is 0 Å². The summed E-state index contributed by atoms with van der Waals surface area (Å²) in [7, 11) is 2.21. The number of ether oxygens (including phenoxy) is 1. The van der Waals surface area contributed by atoms with E-state index in [0.29, 0.717) is 17.6 Å². The molecular formula is C27H35N7O. The Kier molecular flexibility index (Phi) is 6.63. The van der Waals surface area contributed by atoms with Crippen LogP contribution >= 0.6 is 0 Å². The first-order valence-electron chi connectivity index (χ1n) is 12.6. The number of anilines is 1. The molecule has 184 valence electrons. The van der Waals surface area contributed by atoms with Crippen LogP contribution in [0.1, 0.15) is 32.3 Å². The Hall–Kier alpha value is -3.15. The average molecular weight is 474 g/mol. The molecular weight excluding hydrogens is 438 g/mol. The number of pyridine rings is 2. The molecule has 2 aliphatic rings. The highest BCUT2D eigenvalue weighted by molar-refractivity contribution is 5.85. The Balaban J connectivity index is 1.30. The third-order valence-corrected chi connectivity index (χ3v) is 7.57. The SMILES string of the molecule is CCOc1cc(-c2ccc(N3CCC(C)(CN4CCN(C)CC4)CC3)nc2)c2c(C#N)cnn2c1. The van der Waals surface area contributed by atoms with Gasteiger partial charge in [-0.25, -0.2) is 9.50 Å². The number of hydrogen-bond donors (Lipinski definition) is 0. The van der Waals surface area contributed by atoms with Crippen molar-refractivity contribution in [2.75, 3.05) is 64.4 Å². The highest BCUT2D eigenvalue weighted by Crippen LogP contribution is 2.35.